The highest BCUT2D eigenvalue weighted by Crippen LogP contribution is 2.15. The van der Waals surface area contributed by atoms with Gasteiger partial charge in [0, 0.05) is 20.0 Å². The summed E-state index contributed by atoms with van der Waals surface area (Å²) < 4.78 is 29.0. The standard InChI is InChI=1S/C7H15NO2.C2H6.CHF3/c1-7(9,10)8-5-3-2-4-6-8;1-2;2-1(3)4/h9-10H,2-6H2,1H3;1-2H3;1H. The first kappa shape index (κ1) is 18.0. The maximum Gasteiger partial charge on any atom is 0.379 e. The summed E-state index contributed by atoms with van der Waals surface area (Å²) in [6.45, 7) is 3.37. The molecule has 1 saturated heterocycles. The second-order valence-corrected chi connectivity index (χ2v) is 3.27. The number of likely N-dealkylation sites (tertiary alicyclic amines) is 1. The zero-order chi connectivity index (χ0) is 13.2. The number of halogens is 3. The van der Waals surface area contributed by atoms with Gasteiger partial charge in [-0.25, -0.2) is 0 Å². The Bertz CT molecular complexity index is 143. The molecule has 0 amide bonds. The van der Waals surface area contributed by atoms with E-state index in [1.165, 1.54) is 13.3 Å². The van der Waals surface area contributed by atoms with Crippen LogP contribution >= 0.6 is 0 Å². The van der Waals surface area contributed by atoms with E-state index in [-0.39, 0.29) is 0 Å². The topological polar surface area (TPSA) is 43.7 Å². The molecule has 0 unspecified atom stereocenters. The Morgan fingerprint density at radius 1 is 1.00 bits per heavy atom. The number of aliphatic hydroxyl groups is 2. The first-order valence-electron chi connectivity index (χ1n) is 5.46. The van der Waals surface area contributed by atoms with Gasteiger partial charge in [-0.15, -0.1) is 0 Å². The van der Waals surface area contributed by atoms with Crippen LogP contribution in [0.1, 0.15) is 40.0 Å². The van der Waals surface area contributed by atoms with Crippen LogP contribution in [-0.2, 0) is 0 Å². The third-order valence-electron chi connectivity index (χ3n) is 1.96. The van der Waals surface area contributed by atoms with Crippen molar-refractivity contribution < 1.29 is 23.4 Å². The molecule has 1 fully saturated rings. The van der Waals surface area contributed by atoms with Gasteiger partial charge in [-0.05, 0) is 12.8 Å². The Balaban J connectivity index is 0. The molecule has 2 N–H and O–H groups in total. The van der Waals surface area contributed by atoms with Gasteiger partial charge < -0.3 is 10.2 Å². The molecule has 0 aliphatic carbocycles. The zero-order valence-corrected chi connectivity index (χ0v) is 10.1. The molecule has 100 valence electrons. The van der Waals surface area contributed by atoms with E-state index in [0.717, 1.165) is 25.9 Å². The summed E-state index contributed by atoms with van der Waals surface area (Å²) in [5.41, 5.74) is 0. The maximum atomic E-state index is 9.67. The lowest BCUT2D eigenvalue weighted by atomic mass is 10.1. The number of hydrogen-bond acceptors (Lipinski definition) is 3. The van der Waals surface area contributed by atoms with Crippen LogP contribution in [0.5, 0.6) is 0 Å². The lowest BCUT2D eigenvalue weighted by molar-refractivity contribution is -0.253. The van der Waals surface area contributed by atoms with E-state index >= 15 is 0 Å². The van der Waals surface area contributed by atoms with E-state index in [1.807, 2.05) is 13.8 Å². The monoisotopic (exact) mass is 245 g/mol. The molecule has 0 radical (unpaired) electrons. The van der Waals surface area contributed by atoms with E-state index in [4.69, 9.17) is 10.2 Å². The number of hydrogen-bond donors (Lipinski definition) is 2. The molecule has 6 heteroatoms. The van der Waals surface area contributed by atoms with Crippen molar-refractivity contribution in [2.75, 3.05) is 13.1 Å². The molecular formula is C10H22F3NO2. The maximum absolute atomic E-state index is 9.67. The Morgan fingerprint density at radius 2 is 1.31 bits per heavy atom. The molecule has 1 aliphatic heterocycles. The molecule has 0 aromatic heterocycles. The van der Waals surface area contributed by atoms with Gasteiger partial charge in [0.05, 0.1) is 0 Å². The summed E-state index contributed by atoms with van der Waals surface area (Å²) in [7, 11) is 0. The Kier molecular flexibility index (Phi) is 11.1. The predicted octanol–water partition coefficient (Wildman–Crippen LogP) is 2.34. The van der Waals surface area contributed by atoms with Crippen molar-refractivity contribution >= 4 is 0 Å². The number of piperidine rings is 1. The van der Waals surface area contributed by atoms with Gasteiger partial charge in [0.2, 0.25) is 5.91 Å². The zero-order valence-electron chi connectivity index (χ0n) is 10.1. The third-order valence-corrected chi connectivity index (χ3v) is 1.96. The van der Waals surface area contributed by atoms with Crippen molar-refractivity contribution in [3.05, 3.63) is 0 Å². The molecule has 0 bridgehead atoms. The van der Waals surface area contributed by atoms with Crippen LogP contribution in [0, 0.1) is 0 Å². The summed E-state index contributed by atoms with van der Waals surface area (Å²) >= 11 is 0. The molecule has 1 aliphatic rings. The van der Waals surface area contributed by atoms with Gasteiger partial charge in [0.1, 0.15) is 0 Å². The lowest BCUT2D eigenvalue weighted by Gasteiger charge is -2.34. The van der Waals surface area contributed by atoms with E-state index in [2.05, 4.69) is 0 Å². The molecule has 3 nitrogen and oxygen atoms in total. The summed E-state index contributed by atoms with van der Waals surface area (Å²) in [6.07, 6.45) is 3.37. The van der Waals surface area contributed by atoms with Crippen molar-refractivity contribution in [2.24, 2.45) is 0 Å². The molecular weight excluding hydrogens is 223 g/mol. The minimum atomic E-state index is -3.67. The highest BCUT2D eigenvalue weighted by Gasteiger charge is 2.26. The number of nitrogens with zero attached hydrogens (tertiary/aromatic N) is 1. The van der Waals surface area contributed by atoms with Gasteiger partial charge in [-0.2, -0.15) is 13.2 Å². The van der Waals surface area contributed by atoms with Crippen LogP contribution in [0.25, 0.3) is 0 Å². The Labute approximate surface area is 94.9 Å². The summed E-state index contributed by atoms with van der Waals surface area (Å²) in [6, 6.07) is 0. The SMILES string of the molecule is CC.CC(O)(O)N1CCCCC1.FC(F)F. The average molecular weight is 245 g/mol. The van der Waals surface area contributed by atoms with Crippen LogP contribution < -0.4 is 0 Å². The second-order valence-electron chi connectivity index (χ2n) is 3.27. The van der Waals surface area contributed by atoms with Crippen LogP contribution in [0.4, 0.5) is 13.2 Å². The quantitative estimate of drug-likeness (QED) is 0.697. The van der Waals surface area contributed by atoms with Crippen molar-refractivity contribution in [2.45, 2.75) is 52.6 Å². The predicted molar refractivity (Wildman–Crippen MR) is 56.7 cm³/mol. The van der Waals surface area contributed by atoms with Gasteiger partial charge >= 0.3 is 6.68 Å². The highest BCUT2D eigenvalue weighted by molar-refractivity contribution is 4.68. The fourth-order valence-corrected chi connectivity index (χ4v) is 1.32. The average Bonchev–Trinajstić information content (AvgIpc) is 2.20. The largest absolute Gasteiger partial charge is 0.379 e. The van der Waals surface area contributed by atoms with Crippen molar-refractivity contribution in [3.8, 4) is 0 Å². The lowest BCUT2D eigenvalue weighted by Crippen LogP contribution is -2.48. The van der Waals surface area contributed by atoms with Gasteiger partial charge in [-0.3, -0.25) is 4.90 Å². The summed E-state index contributed by atoms with van der Waals surface area (Å²) in [4.78, 5) is 1.69. The van der Waals surface area contributed by atoms with Crippen LogP contribution in [0.3, 0.4) is 0 Å². The smallest absolute Gasteiger partial charge is 0.353 e. The molecule has 0 atom stereocenters. The third kappa shape index (κ3) is 11.7. The highest BCUT2D eigenvalue weighted by atomic mass is 19.4. The van der Waals surface area contributed by atoms with E-state index in [0.29, 0.717) is 0 Å². The van der Waals surface area contributed by atoms with Crippen LogP contribution in [-0.4, -0.2) is 40.8 Å². The fraction of sp³-hybridized carbons (Fsp3) is 1.00. The van der Waals surface area contributed by atoms with Gasteiger partial charge in [-0.1, -0.05) is 20.3 Å². The number of alkyl halides is 3. The summed E-state index contributed by atoms with van der Waals surface area (Å²) in [5.74, 6) is -1.60. The molecule has 0 spiro atoms. The van der Waals surface area contributed by atoms with Crippen LogP contribution in [0.2, 0.25) is 0 Å². The second kappa shape index (κ2) is 9.86. The van der Waals surface area contributed by atoms with Gasteiger partial charge in [0.15, 0.2) is 0 Å². The Hall–Kier alpha value is -0.330. The van der Waals surface area contributed by atoms with E-state index in [9.17, 15) is 13.2 Å². The molecule has 0 saturated carbocycles. The van der Waals surface area contributed by atoms with Crippen molar-refractivity contribution in [3.63, 3.8) is 0 Å². The minimum absolute atomic E-state index is 0.809. The van der Waals surface area contributed by atoms with Crippen LogP contribution in [0.15, 0.2) is 0 Å². The molecule has 16 heavy (non-hydrogen) atoms. The normalized spacial score (nSPS) is 17.1. The van der Waals surface area contributed by atoms with Crippen molar-refractivity contribution in [1.82, 2.24) is 4.90 Å². The van der Waals surface area contributed by atoms with Gasteiger partial charge in [0.25, 0.3) is 0 Å². The van der Waals surface area contributed by atoms with E-state index in [1.54, 1.807) is 4.90 Å². The Morgan fingerprint density at radius 3 is 1.50 bits per heavy atom. The molecule has 0 aromatic rings. The molecule has 1 heterocycles. The van der Waals surface area contributed by atoms with Crippen molar-refractivity contribution in [1.29, 1.82) is 0 Å². The van der Waals surface area contributed by atoms with E-state index < -0.39 is 12.6 Å². The first-order chi connectivity index (χ1) is 7.34. The minimum Gasteiger partial charge on any atom is -0.353 e. The molecule has 0 aromatic carbocycles. The summed E-state index contributed by atoms with van der Waals surface area (Å²) in [5, 5.41) is 18.2. The first-order valence-corrected chi connectivity index (χ1v) is 5.46. The molecule has 1 rings (SSSR count). The fourth-order valence-electron chi connectivity index (χ4n) is 1.32. The number of rotatable bonds is 1.